The van der Waals surface area contributed by atoms with Gasteiger partial charge in [0.25, 0.3) is 0 Å². The third-order valence-corrected chi connectivity index (χ3v) is 7.31. The highest BCUT2D eigenvalue weighted by atomic mass is 35.5. The molecule has 1 amide bonds. The number of carbonyl (C=O) groups excluding carboxylic acids is 1. The van der Waals surface area contributed by atoms with Gasteiger partial charge in [0, 0.05) is 11.3 Å². The highest BCUT2D eigenvalue weighted by Crippen LogP contribution is 2.32. The number of sulfonamides is 1. The van der Waals surface area contributed by atoms with Crippen LogP contribution < -0.4 is 9.62 Å². The Bertz CT molecular complexity index is 1150. The second-order valence-corrected chi connectivity index (χ2v) is 11.6. The van der Waals surface area contributed by atoms with Gasteiger partial charge in [0.05, 0.1) is 27.9 Å². The maximum Gasteiger partial charge on any atom is 0.244 e. The van der Waals surface area contributed by atoms with Gasteiger partial charge in [-0.3, -0.25) is 9.10 Å². The summed E-state index contributed by atoms with van der Waals surface area (Å²) >= 11 is 12.1. The van der Waals surface area contributed by atoms with Crippen molar-refractivity contribution < 1.29 is 21.6 Å². The van der Waals surface area contributed by atoms with Crippen molar-refractivity contribution in [1.82, 2.24) is 5.32 Å². The number of nitrogens with zero attached hydrogens (tertiary/aromatic N) is 1. The molecule has 0 unspecified atom stereocenters. The molecule has 2 aromatic rings. The summed E-state index contributed by atoms with van der Waals surface area (Å²) in [5.74, 6) is -0.559. The van der Waals surface area contributed by atoms with E-state index >= 15 is 0 Å². The molecule has 0 radical (unpaired) electrons. The summed E-state index contributed by atoms with van der Waals surface area (Å²) in [7, 11) is -7.19. The van der Waals surface area contributed by atoms with Crippen LogP contribution in [0.4, 0.5) is 5.69 Å². The van der Waals surface area contributed by atoms with Crippen molar-refractivity contribution in [3.05, 3.63) is 58.1 Å². The number of hydrogen-bond donors (Lipinski definition) is 1. The summed E-state index contributed by atoms with van der Waals surface area (Å²) in [6.45, 7) is 3.14. The first-order valence-corrected chi connectivity index (χ1v) is 13.3. The molecule has 0 bridgehead atoms. The summed E-state index contributed by atoms with van der Waals surface area (Å²) in [4.78, 5) is 13.0. The molecule has 30 heavy (non-hydrogen) atoms. The largest absolute Gasteiger partial charge is 0.348 e. The van der Waals surface area contributed by atoms with Crippen LogP contribution in [-0.4, -0.2) is 41.3 Å². The van der Waals surface area contributed by atoms with Crippen molar-refractivity contribution in [2.75, 3.05) is 16.8 Å². The molecule has 11 heteroatoms. The van der Waals surface area contributed by atoms with Crippen molar-refractivity contribution in [1.29, 1.82) is 0 Å². The van der Waals surface area contributed by atoms with E-state index in [1.165, 1.54) is 37.3 Å². The van der Waals surface area contributed by atoms with E-state index in [-0.39, 0.29) is 20.6 Å². The Labute approximate surface area is 187 Å². The molecule has 0 heterocycles. The highest BCUT2D eigenvalue weighted by Gasteiger charge is 2.31. The van der Waals surface area contributed by atoms with E-state index in [9.17, 15) is 21.6 Å². The van der Waals surface area contributed by atoms with Gasteiger partial charge in [-0.2, -0.15) is 0 Å². The molecule has 0 aliphatic rings. The van der Waals surface area contributed by atoms with Crippen molar-refractivity contribution in [3.63, 3.8) is 0 Å². The zero-order chi connectivity index (χ0) is 22.9. The molecule has 1 N–H and O–H groups in total. The first-order chi connectivity index (χ1) is 13.7. The minimum Gasteiger partial charge on any atom is -0.348 e. The van der Waals surface area contributed by atoms with Gasteiger partial charge >= 0.3 is 0 Å². The first kappa shape index (κ1) is 24.5. The van der Waals surface area contributed by atoms with Crippen LogP contribution in [-0.2, 0) is 24.7 Å². The van der Waals surface area contributed by atoms with Crippen molar-refractivity contribution in [2.45, 2.75) is 30.8 Å². The van der Waals surface area contributed by atoms with E-state index < -0.39 is 37.9 Å². The van der Waals surface area contributed by atoms with E-state index in [2.05, 4.69) is 5.32 Å². The Morgan fingerprint density at radius 2 is 1.53 bits per heavy atom. The smallest absolute Gasteiger partial charge is 0.244 e. The van der Waals surface area contributed by atoms with Crippen molar-refractivity contribution in [3.8, 4) is 0 Å². The molecule has 0 aliphatic heterocycles. The molecule has 0 spiro atoms. The molecule has 0 aliphatic carbocycles. The highest BCUT2D eigenvalue weighted by molar-refractivity contribution is 7.92. The Kier molecular flexibility index (Phi) is 7.45. The van der Waals surface area contributed by atoms with Gasteiger partial charge in [0.1, 0.15) is 6.04 Å². The summed E-state index contributed by atoms with van der Waals surface area (Å²) in [6, 6.07) is 8.81. The third kappa shape index (κ3) is 5.87. The molecule has 2 rings (SSSR count). The van der Waals surface area contributed by atoms with Crippen molar-refractivity contribution >= 4 is 54.7 Å². The number of carbonyl (C=O) groups is 1. The second-order valence-electron chi connectivity index (χ2n) is 6.90. The Morgan fingerprint density at radius 1 is 0.967 bits per heavy atom. The lowest BCUT2D eigenvalue weighted by atomic mass is 10.1. The molecule has 0 saturated carbocycles. The van der Waals surface area contributed by atoms with Gasteiger partial charge in [-0.25, -0.2) is 16.8 Å². The predicted molar refractivity (Wildman–Crippen MR) is 119 cm³/mol. The minimum absolute atomic E-state index is 0.0967. The SMILES string of the molecule is C[C@H](C(=O)N[C@H](C)c1ccc(S(C)(=O)=O)cc1)N(c1cc(Cl)ccc1Cl)S(C)(=O)=O. The number of amides is 1. The van der Waals surface area contributed by atoms with Crippen LogP contribution in [0.25, 0.3) is 0 Å². The van der Waals surface area contributed by atoms with E-state index in [1.54, 1.807) is 19.1 Å². The molecule has 7 nitrogen and oxygen atoms in total. The molecule has 2 atom stereocenters. The van der Waals surface area contributed by atoms with Gasteiger partial charge in [0.15, 0.2) is 9.84 Å². The topological polar surface area (TPSA) is 101 Å². The van der Waals surface area contributed by atoms with E-state index in [0.29, 0.717) is 5.56 Å². The normalized spacial score (nSPS) is 14.1. The lowest BCUT2D eigenvalue weighted by Gasteiger charge is -2.30. The maximum atomic E-state index is 12.8. The average Bonchev–Trinajstić information content (AvgIpc) is 2.62. The van der Waals surface area contributed by atoms with Gasteiger partial charge in [-0.1, -0.05) is 35.3 Å². The summed E-state index contributed by atoms with van der Waals surface area (Å²) in [6.07, 6.45) is 2.08. The average molecular weight is 493 g/mol. The molecule has 0 saturated heterocycles. The zero-order valence-electron chi connectivity index (χ0n) is 16.8. The van der Waals surface area contributed by atoms with Gasteiger partial charge < -0.3 is 5.32 Å². The van der Waals surface area contributed by atoms with Gasteiger partial charge in [0.2, 0.25) is 15.9 Å². The second kappa shape index (κ2) is 9.13. The summed E-state index contributed by atoms with van der Waals surface area (Å²) in [5, 5.41) is 3.15. The Hall–Kier alpha value is -1.81. The fourth-order valence-electron chi connectivity index (χ4n) is 2.86. The number of anilines is 1. The molecular weight excluding hydrogens is 471 g/mol. The van der Waals surface area contributed by atoms with Gasteiger partial charge in [-0.05, 0) is 49.7 Å². The standard InChI is InChI=1S/C19H22Cl2N2O5S2/c1-12(14-5-8-16(9-6-14)29(3,25)26)22-19(24)13(2)23(30(4,27)28)18-11-15(20)7-10-17(18)21/h5-13H,1-4H3,(H,22,24)/t12-,13-/m1/s1. The summed E-state index contributed by atoms with van der Waals surface area (Å²) < 4.78 is 48.9. The molecular formula is C19H22Cl2N2O5S2. The number of sulfone groups is 1. The lowest BCUT2D eigenvalue weighted by molar-refractivity contribution is -0.122. The number of hydrogen-bond acceptors (Lipinski definition) is 5. The number of halogens is 2. The number of rotatable bonds is 7. The number of benzene rings is 2. The lowest BCUT2D eigenvalue weighted by Crippen LogP contribution is -2.48. The zero-order valence-corrected chi connectivity index (χ0v) is 19.9. The predicted octanol–water partition coefficient (Wildman–Crippen LogP) is 3.43. The fraction of sp³-hybridized carbons (Fsp3) is 0.316. The Balaban J connectivity index is 2.28. The monoisotopic (exact) mass is 492 g/mol. The van der Waals surface area contributed by atoms with Gasteiger partial charge in [-0.15, -0.1) is 0 Å². The fourth-order valence-corrected chi connectivity index (χ4v) is 5.09. The first-order valence-electron chi connectivity index (χ1n) is 8.76. The third-order valence-electron chi connectivity index (χ3n) is 4.40. The van der Waals surface area contributed by atoms with Crippen LogP contribution in [0.15, 0.2) is 47.4 Å². The van der Waals surface area contributed by atoms with Crippen molar-refractivity contribution in [2.24, 2.45) is 0 Å². The van der Waals surface area contributed by atoms with E-state index in [0.717, 1.165) is 16.8 Å². The molecule has 2 aromatic carbocycles. The molecule has 0 aromatic heterocycles. The van der Waals surface area contributed by atoms with Crippen LogP contribution in [0.1, 0.15) is 25.5 Å². The minimum atomic E-state index is -3.86. The van der Waals surface area contributed by atoms with Crippen LogP contribution in [0.5, 0.6) is 0 Å². The maximum absolute atomic E-state index is 12.8. The van der Waals surface area contributed by atoms with E-state index in [4.69, 9.17) is 23.2 Å². The van der Waals surface area contributed by atoms with E-state index in [1.807, 2.05) is 0 Å². The summed E-state index contributed by atoms with van der Waals surface area (Å²) in [5.41, 5.74) is 0.758. The number of nitrogens with one attached hydrogen (secondary N) is 1. The molecule has 0 fully saturated rings. The van der Waals surface area contributed by atoms with Crippen LogP contribution in [0.2, 0.25) is 10.0 Å². The van der Waals surface area contributed by atoms with Crippen LogP contribution in [0.3, 0.4) is 0 Å². The molecule has 164 valence electrons. The quantitative estimate of drug-likeness (QED) is 0.637. The van der Waals surface area contributed by atoms with Crippen LogP contribution >= 0.6 is 23.2 Å². The van der Waals surface area contributed by atoms with Crippen LogP contribution in [0, 0.1) is 0 Å². The Morgan fingerprint density at radius 3 is 2.03 bits per heavy atom.